The number of alkyl halides is 3. The summed E-state index contributed by atoms with van der Waals surface area (Å²) in [5.41, 5.74) is 13.6. The van der Waals surface area contributed by atoms with Crippen LogP contribution in [0.5, 0.6) is 11.5 Å². The number of likely N-dealkylation sites (N-methyl/N-ethyl adjacent to an activating group) is 1. The highest BCUT2D eigenvalue weighted by molar-refractivity contribution is 5.96. The summed E-state index contributed by atoms with van der Waals surface area (Å²) in [7, 11) is 3.98. The van der Waals surface area contributed by atoms with E-state index in [0.717, 1.165) is 22.4 Å². The zero-order valence-corrected chi connectivity index (χ0v) is 27.2. The Morgan fingerprint density at radius 3 is 2.24 bits per heavy atom. The first-order chi connectivity index (χ1) is 23.0. The standard InChI is InChI=1S/C31H37N7O4.C2HF3O2/c1-5-41-27-17-22(14-15-26(27)42-19(2)18-37(3)4)24(16-20-10-12-21(13-11-20)28(32)33)30-35-31(40)38(36-30)25-9-7-6-8-23(25)29(34)39;3-2(4,5)1(6)7/h6-15,17,19,24H,5,16,18H2,1-4H3,(H3,32,33)(H2,34,39)(H,35,36,40);(H,6,7). The molecule has 1 amide bonds. The minimum atomic E-state index is -5.08. The topological polar surface area (TPSA) is 203 Å². The third-order valence-corrected chi connectivity index (χ3v) is 6.93. The number of amidine groups is 1. The average molecular weight is 686 g/mol. The Labute approximate surface area is 279 Å². The van der Waals surface area contributed by atoms with Crippen LogP contribution in [-0.4, -0.2) is 82.0 Å². The number of aromatic nitrogens is 3. The summed E-state index contributed by atoms with van der Waals surface area (Å²) < 4.78 is 45.1. The lowest BCUT2D eigenvalue weighted by Crippen LogP contribution is -2.28. The van der Waals surface area contributed by atoms with E-state index < -0.39 is 29.7 Å². The quantitative estimate of drug-likeness (QED) is 0.103. The number of amides is 1. The van der Waals surface area contributed by atoms with Crippen molar-refractivity contribution in [1.82, 2.24) is 19.7 Å². The van der Waals surface area contributed by atoms with E-state index in [2.05, 4.69) is 15.0 Å². The summed E-state index contributed by atoms with van der Waals surface area (Å²) >= 11 is 0. The number of hydrogen-bond acceptors (Lipinski definition) is 8. The van der Waals surface area contributed by atoms with Gasteiger partial charge in [-0.2, -0.15) is 17.9 Å². The van der Waals surface area contributed by atoms with Crippen LogP contribution in [0, 0.1) is 5.41 Å². The highest BCUT2D eigenvalue weighted by Gasteiger charge is 2.38. The molecule has 49 heavy (non-hydrogen) atoms. The molecular weight excluding hydrogens is 647 g/mol. The molecule has 0 aliphatic carbocycles. The van der Waals surface area contributed by atoms with Crippen LogP contribution >= 0.6 is 0 Å². The molecule has 2 atom stereocenters. The van der Waals surface area contributed by atoms with Gasteiger partial charge in [0, 0.05) is 18.0 Å². The van der Waals surface area contributed by atoms with Gasteiger partial charge in [0.2, 0.25) is 0 Å². The molecule has 0 aliphatic rings. The van der Waals surface area contributed by atoms with Crippen LogP contribution in [0.2, 0.25) is 0 Å². The molecule has 0 aliphatic heterocycles. The van der Waals surface area contributed by atoms with E-state index in [0.29, 0.717) is 35.9 Å². The Balaban J connectivity index is 0.000000838. The van der Waals surface area contributed by atoms with Crippen molar-refractivity contribution in [2.24, 2.45) is 11.5 Å². The maximum atomic E-state index is 13.2. The van der Waals surface area contributed by atoms with Crippen LogP contribution in [0.25, 0.3) is 5.69 Å². The minimum absolute atomic E-state index is 0.0188. The molecule has 262 valence electrons. The maximum absolute atomic E-state index is 13.2. The molecule has 7 N–H and O–H groups in total. The van der Waals surface area contributed by atoms with Crippen molar-refractivity contribution in [2.75, 3.05) is 27.2 Å². The lowest BCUT2D eigenvalue weighted by atomic mass is 9.90. The third-order valence-electron chi connectivity index (χ3n) is 6.93. The Bertz CT molecular complexity index is 1820. The molecule has 0 bridgehead atoms. The first-order valence-corrected chi connectivity index (χ1v) is 14.9. The first-order valence-electron chi connectivity index (χ1n) is 14.9. The van der Waals surface area contributed by atoms with Gasteiger partial charge < -0.3 is 30.9 Å². The normalized spacial score (nSPS) is 12.4. The van der Waals surface area contributed by atoms with Crippen molar-refractivity contribution >= 4 is 17.7 Å². The second-order valence-corrected chi connectivity index (χ2v) is 11.1. The second kappa shape index (κ2) is 16.5. The van der Waals surface area contributed by atoms with Gasteiger partial charge in [0.15, 0.2) is 11.5 Å². The van der Waals surface area contributed by atoms with Crippen LogP contribution in [-0.2, 0) is 11.2 Å². The number of ether oxygens (including phenoxy) is 2. The van der Waals surface area contributed by atoms with Crippen molar-refractivity contribution in [3.05, 3.63) is 105 Å². The summed E-state index contributed by atoms with van der Waals surface area (Å²) in [6.07, 6.45) is -4.69. The summed E-state index contributed by atoms with van der Waals surface area (Å²) in [6.45, 7) is 5.08. The van der Waals surface area contributed by atoms with E-state index in [9.17, 15) is 22.8 Å². The number of nitrogens with two attached hydrogens (primary N) is 2. The molecule has 4 rings (SSSR count). The summed E-state index contributed by atoms with van der Waals surface area (Å²) in [4.78, 5) is 39.1. The van der Waals surface area contributed by atoms with Gasteiger partial charge in [-0.05, 0) is 69.8 Å². The number of carbonyl (C=O) groups is 2. The second-order valence-electron chi connectivity index (χ2n) is 11.1. The predicted octanol–water partition coefficient (Wildman–Crippen LogP) is 3.68. The van der Waals surface area contributed by atoms with Crippen LogP contribution < -0.4 is 26.6 Å². The zero-order valence-electron chi connectivity index (χ0n) is 27.2. The molecular formula is C33H38F3N7O6. The molecule has 0 spiro atoms. The van der Waals surface area contributed by atoms with Gasteiger partial charge in [0.1, 0.15) is 17.8 Å². The SMILES string of the molecule is CCOc1cc(C(Cc2ccc(C(=N)N)cc2)c2nn(-c3ccccc3C(N)=O)c(=O)[nH]2)ccc1OC(C)CN(C)C.O=C(O)C(F)(F)F. The number of carbonyl (C=O) groups excluding carboxylic acids is 1. The van der Waals surface area contributed by atoms with E-state index in [1.807, 2.05) is 58.3 Å². The number of rotatable bonds is 13. The molecule has 0 radical (unpaired) electrons. The van der Waals surface area contributed by atoms with Gasteiger partial charge >= 0.3 is 17.8 Å². The molecule has 16 heteroatoms. The number of carboxylic acids is 1. The van der Waals surface area contributed by atoms with Gasteiger partial charge in [0.05, 0.1) is 17.9 Å². The van der Waals surface area contributed by atoms with E-state index in [1.54, 1.807) is 36.4 Å². The number of aliphatic carboxylic acids is 1. The zero-order chi connectivity index (χ0) is 36.5. The minimum Gasteiger partial charge on any atom is -0.490 e. The number of halogens is 3. The van der Waals surface area contributed by atoms with Gasteiger partial charge in [-0.15, -0.1) is 5.10 Å². The Hall–Kier alpha value is -5.64. The number of H-pyrrole nitrogens is 1. The van der Waals surface area contributed by atoms with Crippen molar-refractivity contribution in [3.63, 3.8) is 0 Å². The average Bonchev–Trinajstić information content (AvgIpc) is 3.41. The van der Waals surface area contributed by atoms with Gasteiger partial charge in [-0.3, -0.25) is 15.2 Å². The van der Waals surface area contributed by atoms with Crippen LogP contribution in [0.15, 0.2) is 71.5 Å². The number of nitrogen functional groups attached to an aromatic ring is 1. The predicted molar refractivity (Wildman–Crippen MR) is 176 cm³/mol. The third kappa shape index (κ3) is 10.4. The first kappa shape index (κ1) is 37.8. The fraction of sp³-hybridized carbons (Fsp3) is 0.303. The van der Waals surface area contributed by atoms with Crippen molar-refractivity contribution in [1.29, 1.82) is 5.41 Å². The largest absolute Gasteiger partial charge is 0.490 e. The molecule has 3 aromatic carbocycles. The maximum Gasteiger partial charge on any atom is 0.490 e. The number of nitrogens with zero attached hydrogens (tertiary/aromatic N) is 3. The van der Waals surface area contributed by atoms with E-state index in [4.69, 9.17) is 36.3 Å². The number of primary amides is 1. The van der Waals surface area contributed by atoms with E-state index in [1.165, 1.54) is 0 Å². The molecule has 0 saturated heterocycles. The van der Waals surface area contributed by atoms with Gasteiger partial charge in [-0.25, -0.2) is 9.59 Å². The molecule has 13 nitrogen and oxygen atoms in total. The number of nitrogens with one attached hydrogen (secondary N) is 2. The van der Waals surface area contributed by atoms with E-state index in [-0.39, 0.29) is 23.2 Å². The highest BCUT2D eigenvalue weighted by Crippen LogP contribution is 2.35. The fourth-order valence-electron chi connectivity index (χ4n) is 4.83. The molecule has 0 saturated carbocycles. The number of carboxylic acid groups (broad SMARTS) is 1. The lowest BCUT2D eigenvalue weighted by molar-refractivity contribution is -0.192. The van der Waals surface area contributed by atoms with Gasteiger partial charge in [-0.1, -0.05) is 42.5 Å². The Morgan fingerprint density at radius 1 is 1.06 bits per heavy atom. The Morgan fingerprint density at radius 2 is 1.69 bits per heavy atom. The molecule has 2 unspecified atom stereocenters. The molecule has 0 fully saturated rings. The highest BCUT2D eigenvalue weighted by atomic mass is 19.4. The Kier molecular flexibility index (Phi) is 12.7. The monoisotopic (exact) mass is 685 g/mol. The number of para-hydroxylation sites is 1. The van der Waals surface area contributed by atoms with E-state index >= 15 is 0 Å². The van der Waals surface area contributed by atoms with Crippen molar-refractivity contribution in [2.45, 2.75) is 38.5 Å². The fourth-order valence-corrected chi connectivity index (χ4v) is 4.83. The van der Waals surface area contributed by atoms with Crippen LogP contribution in [0.1, 0.15) is 52.6 Å². The van der Waals surface area contributed by atoms with Crippen molar-refractivity contribution in [3.8, 4) is 17.2 Å². The summed E-state index contributed by atoms with van der Waals surface area (Å²) in [5.74, 6) is -2.25. The number of benzene rings is 3. The molecule has 1 heterocycles. The van der Waals surface area contributed by atoms with Crippen LogP contribution in [0.4, 0.5) is 13.2 Å². The summed E-state index contributed by atoms with van der Waals surface area (Å²) in [5, 5.41) is 19.5. The molecule has 1 aromatic heterocycles. The van der Waals surface area contributed by atoms with Crippen LogP contribution in [0.3, 0.4) is 0 Å². The van der Waals surface area contributed by atoms with Gasteiger partial charge in [0.25, 0.3) is 5.91 Å². The lowest BCUT2D eigenvalue weighted by Gasteiger charge is -2.22. The smallest absolute Gasteiger partial charge is 0.490 e. The summed E-state index contributed by atoms with van der Waals surface area (Å²) in [6, 6.07) is 19.6. The molecule has 4 aromatic rings. The van der Waals surface area contributed by atoms with Crippen molar-refractivity contribution < 1.29 is 37.3 Å². The number of aromatic amines is 1. The number of hydrogen-bond donors (Lipinski definition) is 5.